The van der Waals surface area contributed by atoms with Gasteiger partial charge in [-0.3, -0.25) is 4.79 Å². The number of hydrogen-bond acceptors (Lipinski definition) is 4. The lowest BCUT2D eigenvalue weighted by molar-refractivity contribution is -0.112. The highest BCUT2D eigenvalue weighted by molar-refractivity contribution is 9.10. The van der Waals surface area contributed by atoms with Crippen LogP contribution in [0.4, 0.5) is 5.69 Å². The van der Waals surface area contributed by atoms with E-state index in [-0.39, 0.29) is 16.8 Å². The molecule has 0 saturated heterocycles. The molecule has 0 radical (unpaired) electrons. The number of hydrogen-bond donors (Lipinski definition) is 2. The van der Waals surface area contributed by atoms with E-state index in [4.69, 9.17) is 9.52 Å². The van der Waals surface area contributed by atoms with Crippen molar-refractivity contribution in [2.75, 3.05) is 5.32 Å². The molecule has 3 aromatic rings. The SMILES string of the molecule is N#C/C(=C/c1ccc(-c2cccc(Br)c2)o1)C(=O)Nc1cccc(C(=O)O)c1. The van der Waals surface area contributed by atoms with Crippen LogP contribution in [-0.4, -0.2) is 17.0 Å². The third-order valence-corrected chi connectivity index (χ3v) is 4.25. The maximum atomic E-state index is 12.4. The van der Waals surface area contributed by atoms with E-state index in [1.807, 2.05) is 30.3 Å². The van der Waals surface area contributed by atoms with Crippen LogP contribution in [-0.2, 0) is 4.79 Å². The maximum absolute atomic E-state index is 12.4. The number of aromatic carboxylic acids is 1. The molecule has 0 unspecified atom stereocenters. The van der Waals surface area contributed by atoms with Crippen LogP contribution < -0.4 is 5.32 Å². The standard InChI is InChI=1S/C21H13BrN2O4/c22-16-5-1-3-13(9-16)19-8-7-18(28-19)11-15(12-23)20(25)24-17-6-2-4-14(10-17)21(26)27/h1-11H,(H,24,25)(H,26,27)/b15-11-. The van der Waals surface area contributed by atoms with Gasteiger partial charge in [-0.1, -0.05) is 34.1 Å². The van der Waals surface area contributed by atoms with E-state index in [1.54, 1.807) is 12.1 Å². The van der Waals surface area contributed by atoms with Crippen molar-refractivity contribution in [3.05, 3.63) is 82.0 Å². The van der Waals surface area contributed by atoms with Crippen LogP contribution in [0.15, 0.2) is 75.1 Å². The second kappa shape index (κ2) is 8.37. The molecule has 0 bridgehead atoms. The number of carboxylic acids is 1. The summed E-state index contributed by atoms with van der Waals surface area (Å²) < 4.78 is 6.60. The molecule has 0 saturated carbocycles. The number of carboxylic acid groups (broad SMARTS) is 1. The predicted molar refractivity (Wildman–Crippen MR) is 107 cm³/mol. The molecular weight excluding hydrogens is 424 g/mol. The van der Waals surface area contributed by atoms with Crippen molar-refractivity contribution < 1.29 is 19.1 Å². The largest absolute Gasteiger partial charge is 0.478 e. The van der Waals surface area contributed by atoms with Crippen molar-refractivity contribution in [2.45, 2.75) is 0 Å². The van der Waals surface area contributed by atoms with Gasteiger partial charge in [-0.05, 0) is 42.5 Å². The second-order valence-electron chi connectivity index (χ2n) is 5.72. The summed E-state index contributed by atoms with van der Waals surface area (Å²) in [5, 5.41) is 20.8. The molecule has 0 spiro atoms. The van der Waals surface area contributed by atoms with E-state index in [1.165, 1.54) is 30.3 Å². The van der Waals surface area contributed by atoms with E-state index in [0.29, 0.717) is 11.5 Å². The minimum absolute atomic E-state index is 0.0324. The molecule has 1 aromatic heterocycles. The first-order chi connectivity index (χ1) is 13.5. The smallest absolute Gasteiger partial charge is 0.335 e. The lowest BCUT2D eigenvalue weighted by Gasteiger charge is -2.05. The first-order valence-corrected chi connectivity index (χ1v) is 8.88. The van der Waals surface area contributed by atoms with E-state index < -0.39 is 11.9 Å². The Hall–Kier alpha value is -3.63. The van der Waals surface area contributed by atoms with Crippen LogP contribution in [0.5, 0.6) is 0 Å². The highest BCUT2D eigenvalue weighted by atomic mass is 79.9. The Morgan fingerprint density at radius 3 is 2.61 bits per heavy atom. The van der Waals surface area contributed by atoms with Gasteiger partial charge in [0.05, 0.1) is 5.56 Å². The molecule has 7 heteroatoms. The van der Waals surface area contributed by atoms with Gasteiger partial charge in [0, 0.05) is 21.8 Å². The molecule has 3 rings (SSSR count). The fourth-order valence-electron chi connectivity index (χ4n) is 2.45. The van der Waals surface area contributed by atoms with Gasteiger partial charge in [-0.2, -0.15) is 5.26 Å². The third-order valence-electron chi connectivity index (χ3n) is 3.75. The Labute approximate surface area is 168 Å². The predicted octanol–water partition coefficient (Wildman–Crippen LogP) is 4.95. The van der Waals surface area contributed by atoms with Gasteiger partial charge in [0.1, 0.15) is 23.2 Å². The number of amides is 1. The van der Waals surface area contributed by atoms with Crippen molar-refractivity contribution in [3.8, 4) is 17.4 Å². The number of benzene rings is 2. The van der Waals surface area contributed by atoms with Crippen LogP contribution in [0.2, 0.25) is 0 Å². The lowest BCUT2D eigenvalue weighted by atomic mass is 10.2. The van der Waals surface area contributed by atoms with Gasteiger partial charge < -0.3 is 14.8 Å². The Kier molecular flexibility index (Phi) is 5.72. The second-order valence-corrected chi connectivity index (χ2v) is 6.64. The first kappa shape index (κ1) is 19.1. The van der Waals surface area contributed by atoms with E-state index >= 15 is 0 Å². The summed E-state index contributed by atoms with van der Waals surface area (Å²) in [4.78, 5) is 23.4. The number of nitrogens with zero attached hydrogens (tertiary/aromatic N) is 1. The average Bonchev–Trinajstić information content (AvgIpc) is 3.15. The van der Waals surface area contributed by atoms with Crippen molar-refractivity contribution >= 4 is 39.6 Å². The number of nitrogens with one attached hydrogen (secondary N) is 1. The maximum Gasteiger partial charge on any atom is 0.335 e. The number of rotatable bonds is 5. The van der Waals surface area contributed by atoms with Crippen molar-refractivity contribution in [1.29, 1.82) is 5.26 Å². The van der Waals surface area contributed by atoms with Gasteiger partial charge >= 0.3 is 5.97 Å². The van der Waals surface area contributed by atoms with Crippen LogP contribution in [0.25, 0.3) is 17.4 Å². The van der Waals surface area contributed by atoms with Crippen LogP contribution in [0, 0.1) is 11.3 Å². The van der Waals surface area contributed by atoms with Gasteiger partial charge in [0.2, 0.25) is 0 Å². The van der Waals surface area contributed by atoms with E-state index in [0.717, 1.165) is 10.0 Å². The quantitative estimate of drug-likeness (QED) is 0.434. The van der Waals surface area contributed by atoms with Crippen LogP contribution >= 0.6 is 15.9 Å². The number of carbonyl (C=O) groups excluding carboxylic acids is 1. The number of furan rings is 1. The Bertz CT molecular complexity index is 1130. The third kappa shape index (κ3) is 4.55. The molecule has 138 valence electrons. The normalized spacial score (nSPS) is 10.9. The number of halogens is 1. The minimum atomic E-state index is -1.11. The summed E-state index contributed by atoms with van der Waals surface area (Å²) in [6.45, 7) is 0. The molecule has 0 aliphatic rings. The van der Waals surface area contributed by atoms with Crippen molar-refractivity contribution in [1.82, 2.24) is 0 Å². The van der Waals surface area contributed by atoms with Gasteiger partial charge in [-0.25, -0.2) is 4.79 Å². The molecule has 28 heavy (non-hydrogen) atoms. The highest BCUT2D eigenvalue weighted by Gasteiger charge is 2.13. The Morgan fingerprint density at radius 1 is 1.11 bits per heavy atom. The fraction of sp³-hybridized carbons (Fsp3) is 0. The summed E-state index contributed by atoms with van der Waals surface area (Å²) in [5.41, 5.74) is 0.989. The Balaban J connectivity index is 1.80. The van der Waals surface area contributed by atoms with Crippen molar-refractivity contribution in [3.63, 3.8) is 0 Å². The van der Waals surface area contributed by atoms with Gasteiger partial charge in [-0.15, -0.1) is 0 Å². The Morgan fingerprint density at radius 2 is 1.89 bits per heavy atom. The molecule has 0 fully saturated rings. The summed E-state index contributed by atoms with van der Waals surface area (Å²) in [5.74, 6) is -0.825. The molecule has 2 N–H and O–H groups in total. The monoisotopic (exact) mass is 436 g/mol. The molecule has 0 aliphatic heterocycles. The van der Waals surface area contributed by atoms with Crippen LogP contribution in [0.1, 0.15) is 16.1 Å². The van der Waals surface area contributed by atoms with E-state index in [9.17, 15) is 14.9 Å². The topological polar surface area (TPSA) is 103 Å². The number of carbonyl (C=O) groups is 2. The summed E-state index contributed by atoms with van der Waals surface area (Å²) in [7, 11) is 0. The molecule has 6 nitrogen and oxygen atoms in total. The summed E-state index contributed by atoms with van der Waals surface area (Å²) in [6, 6.07) is 18.5. The van der Waals surface area contributed by atoms with E-state index in [2.05, 4.69) is 21.2 Å². The number of nitriles is 1. The average molecular weight is 437 g/mol. The molecular formula is C21H13BrN2O4. The van der Waals surface area contributed by atoms with Crippen molar-refractivity contribution in [2.24, 2.45) is 0 Å². The zero-order valence-corrected chi connectivity index (χ0v) is 15.9. The molecule has 0 atom stereocenters. The zero-order chi connectivity index (χ0) is 20.1. The lowest BCUT2D eigenvalue weighted by Crippen LogP contribution is -2.13. The van der Waals surface area contributed by atoms with Gasteiger partial charge in [0.25, 0.3) is 5.91 Å². The molecule has 0 aliphatic carbocycles. The molecule has 1 heterocycles. The first-order valence-electron chi connectivity index (χ1n) is 8.08. The number of anilines is 1. The highest BCUT2D eigenvalue weighted by Crippen LogP contribution is 2.26. The minimum Gasteiger partial charge on any atom is -0.478 e. The fourth-order valence-corrected chi connectivity index (χ4v) is 2.85. The summed E-state index contributed by atoms with van der Waals surface area (Å²) in [6.07, 6.45) is 1.33. The zero-order valence-electron chi connectivity index (χ0n) is 14.3. The summed E-state index contributed by atoms with van der Waals surface area (Å²) >= 11 is 3.40. The molecule has 2 aromatic carbocycles. The molecule has 1 amide bonds. The van der Waals surface area contributed by atoms with Crippen LogP contribution in [0.3, 0.4) is 0 Å². The van der Waals surface area contributed by atoms with Gasteiger partial charge in [0.15, 0.2) is 0 Å².